The minimum Gasteiger partial charge on any atom is -0.462 e. The van der Waals surface area contributed by atoms with Crippen LogP contribution in [0.15, 0.2) is 72.9 Å². The van der Waals surface area contributed by atoms with Gasteiger partial charge >= 0.3 is 17.9 Å². The predicted molar refractivity (Wildman–Crippen MR) is 325 cm³/mol. The summed E-state index contributed by atoms with van der Waals surface area (Å²) in [5.74, 6) is -0.975. The van der Waals surface area contributed by atoms with Crippen LogP contribution in [0.25, 0.3) is 0 Å². The Bertz CT molecular complexity index is 1390. The molecule has 0 aliphatic rings. The molecule has 0 aromatic carbocycles. The summed E-state index contributed by atoms with van der Waals surface area (Å²) in [5, 5.41) is 0. The fourth-order valence-corrected chi connectivity index (χ4v) is 9.31. The van der Waals surface area contributed by atoms with E-state index in [2.05, 4.69) is 87.6 Å². The van der Waals surface area contributed by atoms with Crippen molar-refractivity contribution in [3.05, 3.63) is 72.9 Å². The predicted octanol–water partition coefficient (Wildman–Crippen LogP) is 22.1. The van der Waals surface area contributed by atoms with Crippen LogP contribution in [0.1, 0.15) is 329 Å². The van der Waals surface area contributed by atoms with E-state index in [0.717, 1.165) is 64.2 Å². The fraction of sp³-hybridized carbons (Fsp3) is 0.783. The Hall–Kier alpha value is -3.15. The second-order valence-electron chi connectivity index (χ2n) is 21.7. The van der Waals surface area contributed by atoms with E-state index in [0.29, 0.717) is 19.3 Å². The highest BCUT2D eigenvalue weighted by Gasteiger charge is 2.19. The molecule has 434 valence electrons. The molecule has 6 heteroatoms. The van der Waals surface area contributed by atoms with Crippen LogP contribution in [0.5, 0.6) is 0 Å². The van der Waals surface area contributed by atoms with E-state index in [1.807, 2.05) is 6.08 Å². The molecule has 0 spiro atoms. The minimum atomic E-state index is -0.817. The number of carbonyl (C=O) groups excluding carboxylic acids is 3. The Morgan fingerprint density at radius 2 is 0.507 bits per heavy atom. The molecule has 0 aliphatic heterocycles. The van der Waals surface area contributed by atoms with Gasteiger partial charge in [-0.15, -0.1) is 0 Å². The van der Waals surface area contributed by atoms with Crippen LogP contribution < -0.4 is 0 Å². The molecule has 0 N–H and O–H groups in total. The number of hydrogen-bond donors (Lipinski definition) is 0. The van der Waals surface area contributed by atoms with Gasteiger partial charge in [-0.1, -0.05) is 299 Å². The summed E-state index contributed by atoms with van der Waals surface area (Å²) in [6.45, 7) is 6.59. The Labute approximate surface area is 465 Å². The molecule has 0 fully saturated rings. The lowest BCUT2D eigenvalue weighted by atomic mass is 10.0. The number of rotatable bonds is 59. The third kappa shape index (κ3) is 61.6. The summed E-state index contributed by atoms with van der Waals surface area (Å²) in [5.41, 5.74) is 0. The van der Waals surface area contributed by atoms with Crippen LogP contribution in [0.4, 0.5) is 0 Å². The van der Waals surface area contributed by atoms with E-state index in [4.69, 9.17) is 14.2 Å². The first kappa shape index (κ1) is 71.8. The maximum Gasteiger partial charge on any atom is 0.306 e. The van der Waals surface area contributed by atoms with E-state index in [-0.39, 0.29) is 37.5 Å². The standard InChI is InChI=1S/C69H122O6/c1-4-7-10-13-16-19-22-25-28-31-33-34-36-38-41-44-47-50-53-56-59-62-68(71)74-65-66(64-73-67(70)61-58-55-52-49-46-43-40-37-30-27-24-21-18-15-12-9-6-3)75-69(72)63-60-57-54-51-48-45-42-39-35-32-29-26-23-20-17-14-11-8-5-2/h17,20,26-27,29-30,35,39,45,48,54,57,66H,4-16,18-19,21-25,28,31-34,36-38,40-44,46-47,49-53,55-56,58-65H2,1-3H3/b20-17-,29-26-,30-27-,39-35-,48-45-,57-54-/t66-/m1/s1. The summed E-state index contributed by atoms with van der Waals surface area (Å²) in [6.07, 6.45) is 82.1. The average Bonchev–Trinajstić information content (AvgIpc) is 3.41. The normalized spacial score (nSPS) is 12.5. The lowest BCUT2D eigenvalue weighted by Crippen LogP contribution is -2.30. The van der Waals surface area contributed by atoms with E-state index in [1.54, 1.807) is 0 Å². The molecular formula is C69H122O6. The lowest BCUT2D eigenvalue weighted by Gasteiger charge is -2.18. The van der Waals surface area contributed by atoms with Crippen LogP contribution in [0, 0.1) is 0 Å². The maximum absolute atomic E-state index is 12.9. The third-order valence-corrected chi connectivity index (χ3v) is 14.2. The van der Waals surface area contributed by atoms with Crippen molar-refractivity contribution < 1.29 is 28.6 Å². The van der Waals surface area contributed by atoms with E-state index in [1.165, 1.54) is 218 Å². The second-order valence-corrected chi connectivity index (χ2v) is 21.7. The SMILES string of the molecule is CCCCC/C=C\C/C=C\C/C=C\C/C=C\C/C=C\CCC(=O)O[C@H](COC(=O)CCCCCCCCC/C=C\CCCCCCCC)COC(=O)CCCCCCCCCCCCCCCCCCCCCCC. The van der Waals surface area contributed by atoms with Gasteiger partial charge in [0, 0.05) is 19.3 Å². The molecular weight excluding hydrogens is 925 g/mol. The molecule has 0 rings (SSSR count). The molecule has 0 radical (unpaired) electrons. The molecule has 0 aromatic rings. The molecule has 0 aromatic heterocycles. The molecule has 0 saturated carbocycles. The van der Waals surface area contributed by atoms with Crippen molar-refractivity contribution >= 4 is 17.9 Å². The molecule has 75 heavy (non-hydrogen) atoms. The minimum absolute atomic E-state index is 0.103. The highest BCUT2D eigenvalue weighted by atomic mass is 16.6. The van der Waals surface area contributed by atoms with Crippen LogP contribution in [0.2, 0.25) is 0 Å². The quantitative estimate of drug-likeness (QED) is 0.0261. The van der Waals surface area contributed by atoms with Crippen LogP contribution >= 0.6 is 0 Å². The second kappa shape index (κ2) is 63.4. The number of hydrogen-bond acceptors (Lipinski definition) is 6. The van der Waals surface area contributed by atoms with Crippen molar-refractivity contribution in [3.63, 3.8) is 0 Å². The summed E-state index contributed by atoms with van der Waals surface area (Å²) in [7, 11) is 0. The first-order chi connectivity index (χ1) is 37.0. The number of unbranched alkanes of at least 4 members (excludes halogenated alkanes) is 36. The van der Waals surface area contributed by atoms with Crippen LogP contribution in [0.3, 0.4) is 0 Å². The van der Waals surface area contributed by atoms with E-state index >= 15 is 0 Å². The monoisotopic (exact) mass is 1050 g/mol. The molecule has 0 aliphatic carbocycles. The van der Waals surface area contributed by atoms with Gasteiger partial charge in [-0.25, -0.2) is 0 Å². The first-order valence-electron chi connectivity index (χ1n) is 32.4. The molecule has 0 heterocycles. The zero-order valence-electron chi connectivity index (χ0n) is 49.8. The smallest absolute Gasteiger partial charge is 0.306 e. The molecule has 1 atom stereocenters. The summed E-state index contributed by atoms with van der Waals surface area (Å²) < 4.78 is 16.9. The summed E-state index contributed by atoms with van der Waals surface area (Å²) >= 11 is 0. The fourth-order valence-electron chi connectivity index (χ4n) is 9.31. The van der Waals surface area contributed by atoms with Gasteiger partial charge in [0.1, 0.15) is 13.2 Å². The molecule has 0 bridgehead atoms. The number of ether oxygens (including phenoxy) is 3. The number of allylic oxidation sites excluding steroid dienone is 12. The first-order valence-corrected chi connectivity index (χ1v) is 32.4. The molecule has 0 saturated heterocycles. The number of carbonyl (C=O) groups is 3. The van der Waals surface area contributed by atoms with Gasteiger partial charge < -0.3 is 14.2 Å². The summed E-state index contributed by atoms with van der Waals surface area (Å²) in [6, 6.07) is 0. The van der Waals surface area contributed by atoms with Gasteiger partial charge in [0.05, 0.1) is 0 Å². The van der Waals surface area contributed by atoms with E-state index in [9.17, 15) is 14.4 Å². The lowest BCUT2D eigenvalue weighted by molar-refractivity contribution is -0.166. The van der Waals surface area contributed by atoms with Crippen LogP contribution in [-0.4, -0.2) is 37.2 Å². The zero-order chi connectivity index (χ0) is 54.3. The Morgan fingerprint density at radius 3 is 0.840 bits per heavy atom. The highest BCUT2D eigenvalue weighted by molar-refractivity contribution is 5.71. The van der Waals surface area contributed by atoms with Gasteiger partial charge in [-0.05, 0) is 83.5 Å². The van der Waals surface area contributed by atoms with Crippen molar-refractivity contribution in [1.29, 1.82) is 0 Å². The Kier molecular flexibility index (Phi) is 60.7. The highest BCUT2D eigenvalue weighted by Crippen LogP contribution is 2.17. The maximum atomic E-state index is 12.9. The van der Waals surface area contributed by atoms with Crippen molar-refractivity contribution in [3.8, 4) is 0 Å². The van der Waals surface area contributed by atoms with Gasteiger partial charge in [0.2, 0.25) is 0 Å². The van der Waals surface area contributed by atoms with Gasteiger partial charge in [0.15, 0.2) is 6.10 Å². The van der Waals surface area contributed by atoms with E-state index < -0.39 is 6.10 Å². The topological polar surface area (TPSA) is 78.9 Å². The Balaban J connectivity index is 4.44. The van der Waals surface area contributed by atoms with Gasteiger partial charge in [-0.2, -0.15) is 0 Å². The third-order valence-electron chi connectivity index (χ3n) is 14.2. The summed E-state index contributed by atoms with van der Waals surface area (Å²) in [4.78, 5) is 38.3. The van der Waals surface area contributed by atoms with Gasteiger partial charge in [0.25, 0.3) is 0 Å². The van der Waals surface area contributed by atoms with Crippen molar-refractivity contribution in [2.75, 3.05) is 13.2 Å². The van der Waals surface area contributed by atoms with Crippen molar-refractivity contribution in [1.82, 2.24) is 0 Å². The Morgan fingerprint density at radius 1 is 0.267 bits per heavy atom. The molecule has 0 amide bonds. The molecule has 0 unspecified atom stereocenters. The molecule has 6 nitrogen and oxygen atoms in total. The zero-order valence-corrected chi connectivity index (χ0v) is 49.8. The van der Waals surface area contributed by atoms with Crippen LogP contribution in [-0.2, 0) is 28.6 Å². The van der Waals surface area contributed by atoms with Crippen molar-refractivity contribution in [2.24, 2.45) is 0 Å². The largest absolute Gasteiger partial charge is 0.462 e. The average molecular weight is 1050 g/mol. The number of esters is 3. The van der Waals surface area contributed by atoms with Crippen molar-refractivity contribution in [2.45, 2.75) is 335 Å². The van der Waals surface area contributed by atoms with Gasteiger partial charge in [-0.3, -0.25) is 14.4 Å².